The van der Waals surface area contributed by atoms with Crippen molar-refractivity contribution in [2.45, 2.75) is 13.5 Å². The van der Waals surface area contributed by atoms with Gasteiger partial charge in [0.05, 0.1) is 18.1 Å². The number of methoxy groups -OCH3 is 1. The zero-order valence-electron chi connectivity index (χ0n) is 12.5. The molecule has 1 amide bonds. The predicted molar refractivity (Wildman–Crippen MR) is 85.0 cm³/mol. The fourth-order valence-corrected chi connectivity index (χ4v) is 2.40. The monoisotopic (exact) mass is 295 g/mol. The average molecular weight is 295 g/mol. The lowest BCUT2D eigenvalue weighted by molar-refractivity contribution is 0.0951. The summed E-state index contributed by atoms with van der Waals surface area (Å²) in [4.78, 5) is 19.7. The Labute approximate surface area is 128 Å². The highest BCUT2D eigenvalue weighted by atomic mass is 16.5. The van der Waals surface area contributed by atoms with E-state index in [1.807, 2.05) is 43.3 Å². The summed E-state index contributed by atoms with van der Waals surface area (Å²) in [6.45, 7) is 2.31. The van der Waals surface area contributed by atoms with Crippen molar-refractivity contribution in [3.63, 3.8) is 0 Å². The lowest BCUT2D eigenvalue weighted by Crippen LogP contribution is -2.23. The maximum absolute atomic E-state index is 12.3. The van der Waals surface area contributed by atoms with Crippen molar-refractivity contribution in [2.24, 2.45) is 0 Å². The molecule has 0 radical (unpaired) electrons. The van der Waals surface area contributed by atoms with Gasteiger partial charge in [-0.25, -0.2) is 4.98 Å². The van der Waals surface area contributed by atoms with Crippen molar-refractivity contribution in [1.29, 1.82) is 0 Å². The quantitative estimate of drug-likeness (QED) is 0.777. The second-order valence-electron chi connectivity index (χ2n) is 5.05. The Balaban J connectivity index is 1.75. The van der Waals surface area contributed by atoms with Gasteiger partial charge in [-0.15, -0.1) is 0 Å². The Morgan fingerprint density at radius 1 is 1.27 bits per heavy atom. The Kier molecular flexibility index (Phi) is 3.78. The molecule has 2 aromatic carbocycles. The van der Waals surface area contributed by atoms with Crippen LogP contribution in [0.1, 0.15) is 21.7 Å². The van der Waals surface area contributed by atoms with Crippen molar-refractivity contribution in [3.05, 3.63) is 59.4 Å². The summed E-state index contributed by atoms with van der Waals surface area (Å²) >= 11 is 0. The van der Waals surface area contributed by atoms with Crippen LogP contribution in [0.25, 0.3) is 11.0 Å². The van der Waals surface area contributed by atoms with E-state index in [2.05, 4.69) is 15.3 Å². The Bertz CT molecular complexity index is 824. The van der Waals surface area contributed by atoms with Crippen LogP contribution in [0.2, 0.25) is 0 Å². The van der Waals surface area contributed by atoms with E-state index in [0.29, 0.717) is 12.1 Å². The van der Waals surface area contributed by atoms with Crippen LogP contribution in [0.15, 0.2) is 42.5 Å². The van der Waals surface area contributed by atoms with Crippen molar-refractivity contribution in [3.8, 4) is 5.75 Å². The molecule has 0 atom stereocenters. The third-order valence-corrected chi connectivity index (χ3v) is 3.49. The highest BCUT2D eigenvalue weighted by Gasteiger charge is 2.09. The summed E-state index contributed by atoms with van der Waals surface area (Å²) in [6, 6.07) is 13.1. The van der Waals surface area contributed by atoms with Crippen LogP contribution in [-0.4, -0.2) is 23.0 Å². The van der Waals surface area contributed by atoms with Gasteiger partial charge in [-0.05, 0) is 31.2 Å². The molecule has 2 N–H and O–H groups in total. The lowest BCUT2D eigenvalue weighted by atomic mass is 10.1. The molecule has 5 nitrogen and oxygen atoms in total. The van der Waals surface area contributed by atoms with Gasteiger partial charge in [0, 0.05) is 17.7 Å². The number of fused-ring (bicyclic) bond motifs is 1. The van der Waals surface area contributed by atoms with Gasteiger partial charge in [-0.3, -0.25) is 4.79 Å². The van der Waals surface area contributed by atoms with Crippen molar-refractivity contribution < 1.29 is 9.53 Å². The number of aromatic amines is 1. The molecule has 5 heteroatoms. The van der Waals surface area contributed by atoms with Crippen molar-refractivity contribution >= 4 is 16.9 Å². The van der Waals surface area contributed by atoms with Gasteiger partial charge in [0.1, 0.15) is 11.6 Å². The molecule has 22 heavy (non-hydrogen) atoms. The van der Waals surface area contributed by atoms with Gasteiger partial charge in [-0.1, -0.05) is 18.2 Å². The van der Waals surface area contributed by atoms with Crippen LogP contribution in [0.4, 0.5) is 0 Å². The first kappa shape index (κ1) is 14.1. The van der Waals surface area contributed by atoms with Gasteiger partial charge >= 0.3 is 0 Å². The van der Waals surface area contributed by atoms with E-state index < -0.39 is 0 Å². The number of carbonyl (C=O) groups excluding carboxylic acids is 1. The number of carbonyl (C=O) groups is 1. The number of para-hydroxylation sites is 1. The van der Waals surface area contributed by atoms with Crippen molar-refractivity contribution in [2.75, 3.05) is 7.11 Å². The second kappa shape index (κ2) is 5.89. The van der Waals surface area contributed by atoms with E-state index in [4.69, 9.17) is 4.74 Å². The Hall–Kier alpha value is -2.82. The molecule has 1 heterocycles. The summed E-state index contributed by atoms with van der Waals surface area (Å²) in [5, 5.41) is 2.91. The summed E-state index contributed by atoms with van der Waals surface area (Å²) in [7, 11) is 1.62. The molecule has 1 aromatic heterocycles. The molecule has 0 fully saturated rings. The maximum atomic E-state index is 12.3. The molecule has 3 rings (SSSR count). The largest absolute Gasteiger partial charge is 0.496 e. The number of aromatic nitrogens is 2. The molecule has 0 unspecified atom stereocenters. The highest BCUT2D eigenvalue weighted by molar-refractivity contribution is 5.97. The number of aryl methyl sites for hydroxylation is 1. The number of benzene rings is 2. The van der Waals surface area contributed by atoms with Gasteiger partial charge < -0.3 is 15.0 Å². The predicted octanol–water partition coefficient (Wildman–Crippen LogP) is 2.81. The minimum Gasteiger partial charge on any atom is -0.496 e. The van der Waals surface area contributed by atoms with Gasteiger partial charge in [0.15, 0.2) is 0 Å². The maximum Gasteiger partial charge on any atom is 0.251 e. The number of nitrogens with zero attached hydrogens (tertiary/aromatic N) is 1. The van der Waals surface area contributed by atoms with Crippen molar-refractivity contribution in [1.82, 2.24) is 15.3 Å². The topological polar surface area (TPSA) is 67.0 Å². The zero-order chi connectivity index (χ0) is 15.5. The van der Waals surface area contributed by atoms with E-state index in [1.54, 1.807) is 13.2 Å². The van der Waals surface area contributed by atoms with Crippen LogP contribution in [0.3, 0.4) is 0 Å². The number of hydrogen-bond acceptors (Lipinski definition) is 3. The van der Waals surface area contributed by atoms with Gasteiger partial charge in [0.2, 0.25) is 0 Å². The van der Waals surface area contributed by atoms with Crippen LogP contribution < -0.4 is 10.1 Å². The molecule has 0 spiro atoms. The normalized spacial score (nSPS) is 10.6. The van der Waals surface area contributed by atoms with E-state index in [0.717, 1.165) is 28.2 Å². The zero-order valence-corrected chi connectivity index (χ0v) is 12.5. The van der Waals surface area contributed by atoms with Crippen LogP contribution >= 0.6 is 0 Å². The number of imidazole rings is 1. The van der Waals surface area contributed by atoms with Crippen LogP contribution in [-0.2, 0) is 6.54 Å². The second-order valence-corrected chi connectivity index (χ2v) is 5.05. The number of hydrogen-bond donors (Lipinski definition) is 2. The number of nitrogens with one attached hydrogen (secondary N) is 2. The molecule has 0 aliphatic heterocycles. The number of H-pyrrole nitrogens is 1. The SMILES string of the molecule is COc1ccccc1CNC(=O)c1ccc2nc(C)[nH]c2c1. The molecule has 112 valence electrons. The fourth-order valence-electron chi connectivity index (χ4n) is 2.40. The first-order valence-corrected chi connectivity index (χ1v) is 7.04. The molecule has 3 aromatic rings. The molecule has 0 saturated heterocycles. The fraction of sp³-hybridized carbons (Fsp3) is 0.176. The Morgan fingerprint density at radius 3 is 2.91 bits per heavy atom. The third-order valence-electron chi connectivity index (χ3n) is 3.49. The molecular weight excluding hydrogens is 278 g/mol. The molecule has 0 aliphatic rings. The molecule has 0 aliphatic carbocycles. The smallest absolute Gasteiger partial charge is 0.251 e. The highest BCUT2D eigenvalue weighted by Crippen LogP contribution is 2.17. The van der Waals surface area contributed by atoms with E-state index >= 15 is 0 Å². The van der Waals surface area contributed by atoms with Crippen LogP contribution in [0.5, 0.6) is 5.75 Å². The minimum atomic E-state index is -0.125. The van der Waals surface area contributed by atoms with Crippen LogP contribution in [0, 0.1) is 6.92 Å². The first-order chi connectivity index (χ1) is 10.7. The summed E-state index contributed by atoms with van der Waals surface area (Å²) in [6.07, 6.45) is 0. The first-order valence-electron chi connectivity index (χ1n) is 7.04. The third kappa shape index (κ3) is 2.79. The minimum absolute atomic E-state index is 0.125. The standard InChI is InChI=1S/C17H17N3O2/c1-11-19-14-8-7-12(9-15(14)20-11)17(21)18-10-13-5-3-4-6-16(13)22-2/h3-9H,10H2,1-2H3,(H,18,21)(H,19,20). The van der Waals surface area contributed by atoms with E-state index in [-0.39, 0.29) is 5.91 Å². The van der Waals surface area contributed by atoms with E-state index in [9.17, 15) is 4.79 Å². The average Bonchev–Trinajstić information content (AvgIpc) is 2.91. The summed E-state index contributed by atoms with van der Waals surface area (Å²) in [5.41, 5.74) is 3.27. The number of ether oxygens (including phenoxy) is 1. The summed E-state index contributed by atoms with van der Waals surface area (Å²) < 4.78 is 5.28. The van der Waals surface area contributed by atoms with Gasteiger partial charge in [0.25, 0.3) is 5.91 Å². The number of rotatable bonds is 4. The molecular formula is C17H17N3O2. The van der Waals surface area contributed by atoms with Gasteiger partial charge in [-0.2, -0.15) is 0 Å². The van der Waals surface area contributed by atoms with E-state index in [1.165, 1.54) is 0 Å². The molecule has 0 saturated carbocycles. The Morgan fingerprint density at radius 2 is 2.09 bits per heavy atom. The molecule has 0 bridgehead atoms. The lowest BCUT2D eigenvalue weighted by Gasteiger charge is -2.09. The number of amides is 1. The summed E-state index contributed by atoms with van der Waals surface area (Å²) in [5.74, 6) is 1.48.